The minimum atomic E-state index is -0.269. The number of hydrogen-bond donors (Lipinski definition) is 0. The molecular weight excluding hydrogens is 211 g/mol. The minimum absolute atomic E-state index is 0.269. The molecule has 0 atom stereocenters. The third kappa shape index (κ3) is 1.45. The molecule has 0 aliphatic carbocycles. The lowest BCUT2D eigenvalue weighted by molar-refractivity contribution is 0.112. The molecule has 0 spiro atoms. The summed E-state index contributed by atoms with van der Waals surface area (Å²) in [6.07, 6.45) is 0.666. The lowest BCUT2D eigenvalue weighted by Crippen LogP contribution is -1.79. The molecule has 66 valence electrons. The van der Waals surface area contributed by atoms with Gasteiger partial charge in [0.25, 0.3) is 0 Å². The molecule has 1 heterocycles. The predicted octanol–water partition coefficient (Wildman–Crippen LogP) is 3.51. The number of halogens is 2. The van der Waals surface area contributed by atoms with Crippen LogP contribution in [0.3, 0.4) is 0 Å². The minimum Gasteiger partial charge on any atom is -0.298 e. The fraction of sp³-hybridized carbons (Fsp3) is 0. The Kier molecular flexibility index (Phi) is 2.06. The Hall–Kier alpha value is -0.930. The summed E-state index contributed by atoms with van der Waals surface area (Å²) in [6.45, 7) is 0. The molecule has 13 heavy (non-hydrogen) atoms. The van der Waals surface area contributed by atoms with E-state index in [0.29, 0.717) is 16.9 Å². The summed E-state index contributed by atoms with van der Waals surface area (Å²) in [5, 5.41) is 0.826. The van der Waals surface area contributed by atoms with Gasteiger partial charge < -0.3 is 0 Å². The van der Waals surface area contributed by atoms with Crippen LogP contribution >= 0.6 is 22.9 Å². The number of aldehydes is 1. The maximum atomic E-state index is 12.8. The van der Waals surface area contributed by atoms with Gasteiger partial charge in [-0.3, -0.25) is 4.79 Å². The summed E-state index contributed by atoms with van der Waals surface area (Å²) in [6, 6.07) is 4.60. The zero-order valence-corrected chi connectivity index (χ0v) is 7.95. The van der Waals surface area contributed by atoms with Crippen LogP contribution in [0, 0.1) is 5.13 Å². The highest BCUT2D eigenvalue weighted by molar-refractivity contribution is 7.17. The van der Waals surface area contributed by atoms with Crippen molar-refractivity contribution >= 4 is 39.3 Å². The van der Waals surface area contributed by atoms with Crippen molar-refractivity contribution < 1.29 is 9.18 Å². The van der Waals surface area contributed by atoms with E-state index in [1.54, 1.807) is 12.1 Å². The lowest BCUT2D eigenvalue weighted by atomic mass is 10.2. The molecule has 1 nitrogen and oxygen atoms in total. The van der Waals surface area contributed by atoms with Crippen LogP contribution in [0.2, 0.25) is 5.02 Å². The van der Waals surface area contributed by atoms with E-state index < -0.39 is 0 Å². The highest BCUT2D eigenvalue weighted by Crippen LogP contribution is 2.29. The molecule has 1 aromatic carbocycles. The van der Waals surface area contributed by atoms with E-state index in [0.717, 1.165) is 21.4 Å². The fourth-order valence-electron chi connectivity index (χ4n) is 1.13. The summed E-state index contributed by atoms with van der Waals surface area (Å²) in [5.41, 5.74) is 0.399. The largest absolute Gasteiger partial charge is 0.298 e. The molecule has 0 aliphatic rings. The molecule has 0 fully saturated rings. The van der Waals surface area contributed by atoms with Gasteiger partial charge in [0.15, 0.2) is 11.4 Å². The molecule has 0 radical (unpaired) electrons. The van der Waals surface area contributed by atoms with Gasteiger partial charge in [-0.05, 0) is 23.6 Å². The van der Waals surface area contributed by atoms with Crippen LogP contribution in [-0.2, 0) is 0 Å². The van der Waals surface area contributed by atoms with E-state index in [2.05, 4.69) is 0 Å². The summed E-state index contributed by atoms with van der Waals surface area (Å²) in [7, 11) is 0. The molecule has 0 unspecified atom stereocenters. The van der Waals surface area contributed by atoms with Crippen molar-refractivity contribution in [2.24, 2.45) is 0 Å². The Morgan fingerprint density at radius 3 is 2.85 bits per heavy atom. The quantitative estimate of drug-likeness (QED) is 0.664. The summed E-state index contributed by atoms with van der Waals surface area (Å²) in [4.78, 5) is 10.5. The van der Waals surface area contributed by atoms with Crippen molar-refractivity contribution in [3.05, 3.63) is 33.9 Å². The molecule has 0 bridgehead atoms. The van der Waals surface area contributed by atoms with E-state index in [-0.39, 0.29) is 5.13 Å². The van der Waals surface area contributed by atoms with E-state index in [1.165, 1.54) is 6.07 Å². The van der Waals surface area contributed by atoms with Crippen LogP contribution in [0.4, 0.5) is 4.39 Å². The average molecular weight is 215 g/mol. The van der Waals surface area contributed by atoms with Crippen molar-refractivity contribution in [1.82, 2.24) is 0 Å². The maximum absolute atomic E-state index is 12.8. The van der Waals surface area contributed by atoms with Crippen LogP contribution in [0.15, 0.2) is 18.2 Å². The van der Waals surface area contributed by atoms with Gasteiger partial charge in [0.2, 0.25) is 0 Å². The third-order valence-electron chi connectivity index (χ3n) is 1.73. The number of fused-ring (bicyclic) bond motifs is 1. The molecule has 1 aromatic heterocycles. The first-order valence-electron chi connectivity index (χ1n) is 3.54. The van der Waals surface area contributed by atoms with E-state index in [9.17, 15) is 9.18 Å². The van der Waals surface area contributed by atoms with Crippen LogP contribution in [0.5, 0.6) is 0 Å². The molecule has 4 heteroatoms. The van der Waals surface area contributed by atoms with E-state index in [4.69, 9.17) is 11.6 Å². The Bertz CT molecular complexity index is 478. The van der Waals surface area contributed by atoms with Crippen LogP contribution in [-0.4, -0.2) is 6.29 Å². The van der Waals surface area contributed by atoms with Crippen LogP contribution in [0.25, 0.3) is 10.1 Å². The Morgan fingerprint density at radius 2 is 2.15 bits per heavy atom. The normalized spacial score (nSPS) is 10.6. The maximum Gasteiger partial charge on any atom is 0.177 e. The average Bonchev–Trinajstić information content (AvgIpc) is 2.42. The number of hydrogen-bond acceptors (Lipinski definition) is 2. The zero-order chi connectivity index (χ0) is 9.42. The third-order valence-corrected chi connectivity index (χ3v) is 2.95. The second-order valence-corrected chi connectivity index (χ2v) is 4.02. The molecule has 0 aliphatic heterocycles. The van der Waals surface area contributed by atoms with Gasteiger partial charge in [-0.2, -0.15) is 4.39 Å². The number of thiophene rings is 1. The summed E-state index contributed by atoms with van der Waals surface area (Å²) in [5.74, 6) is 0. The zero-order valence-electron chi connectivity index (χ0n) is 6.38. The Morgan fingerprint density at radius 1 is 1.38 bits per heavy atom. The van der Waals surface area contributed by atoms with Crippen LogP contribution < -0.4 is 0 Å². The van der Waals surface area contributed by atoms with Crippen molar-refractivity contribution in [2.45, 2.75) is 0 Å². The molecule has 0 amide bonds. The predicted molar refractivity (Wildman–Crippen MR) is 52.2 cm³/mol. The SMILES string of the molecule is O=Cc1cc2sc(F)cc2cc1Cl. The van der Waals surface area contributed by atoms with Gasteiger partial charge in [0.05, 0.1) is 5.02 Å². The second-order valence-electron chi connectivity index (χ2n) is 2.58. The van der Waals surface area contributed by atoms with Gasteiger partial charge in [0, 0.05) is 10.3 Å². The van der Waals surface area contributed by atoms with Crippen molar-refractivity contribution in [2.75, 3.05) is 0 Å². The smallest absolute Gasteiger partial charge is 0.177 e. The summed E-state index contributed by atoms with van der Waals surface area (Å²) >= 11 is 6.77. The number of rotatable bonds is 1. The first-order chi connectivity index (χ1) is 6.20. The van der Waals surface area contributed by atoms with E-state index >= 15 is 0 Å². The Labute approximate surface area is 82.7 Å². The fourth-order valence-corrected chi connectivity index (χ4v) is 2.17. The van der Waals surface area contributed by atoms with Crippen LogP contribution in [0.1, 0.15) is 10.4 Å². The van der Waals surface area contributed by atoms with Crippen molar-refractivity contribution in [3.63, 3.8) is 0 Å². The van der Waals surface area contributed by atoms with Gasteiger partial charge in [-0.1, -0.05) is 11.6 Å². The van der Waals surface area contributed by atoms with Crippen molar-refractivity contribution in [1.29, 1.82) is 0 Å². The second kappa shape index (κ2) is 3.09. The standard InChI is InChI=1S/C9H4ClFOS/c10-7-1-5-3-9(11)13-8(5)2-6(7)4-12/h1-4H. The molecule has 2 aromatic rings. The lowest BCUT2D eigenvalue weighted by Gasteiger charge is -1.94. The van der Waals surface area contributed by atoms with E-state index in [1.807, 2.05) is 0 Å². The van der Waals surface area contributed by atoms with Crippen molar-refractivity contribution in [3.8, 4) is 0 Å². The number of benzene rings is 1. The first-order valence-corrected chi connectivity index (χ1v) is 4.74. The highest BCUT2D eigenvalue weighted by atomic mass is 35.5. The van der Waals surface area contributed by atoms with Gasteiger partial charge in [-0.15, -0.1) is 11.3 Å². The summed E-state index contributed by atoms with van der Waals surface area (Å²) < 4.78 is 13.5. The van der Waals surface area contributed by atoms with Gasteiger partial charge in [-0.25, -0.2) is 0 Å². The molecule has 0 saturated carbocycles. The topological polar surface area (TPSA) is 17.1 Å². The Balaban J connectivity index is 2.79. The van der Waals surface area contributed by atoms with Gasteiger partial charge in [0.1, 0.15) is 0 Å². The van der Waals surface area contributed by atoms with Gasteiger partial charge >= 0.3 is 0 Å². The molecule has 0 saturated heterocycles. The highest BCUT2D eigenvalue weighted by Gasteiger charge is 2.05. The molecular formula is C9H4ClFOS. The molecule has 2 rings (SSSR count). The monoisotopic (exact) mass is 214 g/mol. The number of carbonyl (C=O) groups is 1. The first kappa shape index (κ1) is 8.66. The molecule has 0 N–H and O–H groups in total. The number of carbonyl (C=O) groups excluding carboxylic acids is 1.